The third-order valence-corrected chi connectivity index (χ3v) is 3.56. The zero-order valence-corrected chi connectivity index (χ0v) is 11.9. The highest BCUT2D eigenvalue weighted by atomic mass is 19.1. The van der Waals surface area contributed by atoms with Crippen molar-refractivity contribution in [1.82, 2.24) is 25.0 Å². The standard InChI is InChI=1S/C15H16FN5/c1-10-4-3-5-12(15(10)16)13(14-7-17-9-18-14)6-11-8-21(2)20-19-11/h3-5,7-9,13H,6H2,1-2H3,(H,17,18)/t13-/m0/s1. The van der Waals surface area contributed by atoms with Crippen LogP contribution in [0, 0.1) is 12.7 Å². The van der Waals surface area contributed by atoms with Gasteiger partial charge in [-0.2, -0.15) is 0 Å². The highest BCUT2D eigenvalue weighted by Gasteiger charge is 2.22. The summed E-state index contributed by atoms with van der Waals surface area (Å²) in [5, 5.41) is 8.03. The van der Waals surface area contributed by atoms with Gasteiger partial charge in [0.1, 0.15) is 5.82 Å². The van der Waals surface area contributed by atoms with Gasteiger partial charge in [0.05, 0.1) is 12.0 Å². The van der Waals surface area contributed by atoms with Crippen LogP contribution < -0.4 is 0 Å². The van der Waals surface area contributed by atoms with E-state index < -0.39 is 0 Å². The first-order chi connectivity index (χ1) is 10.1. The summed E-state index contributed by atoms with van der Waals surface area (Å²) in [6.07, 6.45) is 5.74. The molecule has 0 aliphatic rings. The Hall–Kier alpha value is -2.50. The van der Waals surface area contributed by atoms with Gasteiger partial charge in [0.25, 0.3) is 0 Å². The van der Waals surface area contributed by atoms with Crippen LogP contribution in [-0.4, -0.2) is 25.0 Å². The molecule has 0 bridgehead atoms. The quantitative estimate of drug-likeness (QED) is 0.800. The van der Waals surface area contributed by atoms with Crippen molar-refractivity contribution in [2.75, 3.05) is 0 Å². The summed E-state index contributed by atoms with van der Waals surface area (Å²) in [5.74, 6) is -0.343. The third-order valence-electron chi connectivity index (χ3n) is 3.56. The molecule has 0 aliphatic carbocycles. The molecular weight excluding hydrogens is 269 g/mol. The van der Waals surface area contributed by atoms with Crippen molar-refractivity contribution >= 4 is 0 Å². The molecule has 2 heterocycles. The lowest BCUT2D eigenvalue weighted by molar-refractivity contribution is 0.583. The van der Waals surface area contributed by atoms with Crippen LogP contribution in [0.15, 0.2) is 36.9 Å². The van der Waals surface area contributed by atoms with Crippen molar-refractivity contribution in [2.45, 2.75) is 19.3 Å². The Morgan fingerprint density at radius 3 is 2.90 bits per heavy atom. The maximum atomic E-state index is 14.5. The molecule has 0 radical (unpaired) electrons. The summed E-state index contributed by atoms with van der Waals surface area (Å²) in [6.45, 7) is 1.77. The molecule has 1 N–H and O–H groups in total. The van der Waals surface area contributed by atoms with Gasteiger partial charge in [-0.15, -0.1) is 5.10 Å². The van der Waals surface area contributed by atoms with Crippen LogP contribution in [0.2, 0.25) is 0 Å². The highest BCUT2D eigenvalue weighted by molar-refractivity contribution is 5.34. The molecule has 1 atom stereocenters. The van der Waals surface area contributed by atoms with E-state index in [1.165, 1.54) is 0 Å². The summed E-state index contributed by atoms with van der Waals surface area (Å²) in [4.78, 5) is 7.12. The zero-order valence-electron chi connectivity index (χ0n) is 11.9. The van der Waals surface area contributed by atoms with Crippen LogP contribution in [0.1, 0.15) is 28.4 Å². The number of rotatable bonds is 4. The minimum Gasteiger partial charge on any atom is -0.348 e. The van der Waals surface area contributed by atoms with Crippen LogP contribution >= 0.6 is 0 Å². The molecule has 0 aliphatic heterocycles. The summed E-state index contributed by atoms with van der Waals surface area (Å²) < 4.78 is 16.1. The predicted octanol–water partition coefficient (Wildman–Crippen LogP) is 2.36. The Kier molecular flexibility index (Phi) is 3.51. The molecule has 21 heavy (non-hydrogen) atoms. The first-order valence-electron chi connectivity index (χ1n) is 6.73. The SMILES string of the molecule is Cc1cccc([C@H](Cc2cn(C)nn2)c2cnc[nH]2)c1F. The van der Waals surface area contributed by atoms with Crippen molar-refractivity contribution in [3.8, 4) is 0 Å². The fraction of sp³-hybridized carbons (Fsp3) is 0.267. The van der Waals surface area contributed by atoms with Gasteiger partial charge in [0.2, 0.25) is 0 Å². The molecule has 108 valence electrons. The molecule has 3 rings (SSSR count). The molecule has 0 amide bonds. The van der Waals surface area contributed by atoms with Gasteiger partial charge < -0.3 is 4.98 Å². The fourth-order valence-electron chi connectivity index (χ4n) is 2.48. The molecular formula is C15H16FN5. The predicted molar refractivity (Wildman–Crippen MR) is 76.3 cm³/mol. The van der Waals surface area contributed by atoms with Gasteiger partial charge in [-0.3, -0.25) is 4.68 Å². The average molecular weight is 285 g/mol. The number of nitrogens with one attached hydrogen (secondary N) is 1. The fourth-order valence-corrected chi connectivity index (χ4v) is 2.48. The number of H-pyrrole nitrogens is 1. The van der Waals surface area contributed by atoms with Crippen molar-refractivity contribution < 1.29 is 4.39 Å². The van der Waals surface area contributed by atoms with Crippen LogP contribution in [0.5, 0.6) is 0 Å². The molecule has 0 saturated heterocycles. The van der Waals surface area contributed by atoms with Crippen molar-refractivity contribution in [3.05, 3.63) is 65.3 Å². The number of hydrogen-bond donors (Lipinski definition) is 1. The molecule has 0 spiro atoms. The van der Waals surface area contributed by atoms with Gasteiger partial charge in [0.15, 0.2) is 0 Å². The van der Waals surface area contributed by atoms with E-state index in [-0.39, 0.29) is 11.7 Å². The first-order valence-corrected chi connectivity index (χ1v) is 6.73. The van der Waals surface area contributed by atoms with Crippen LogP contribution in [0.25, 0.3) is 0 Å². The largest absolute Gasteiger partial charge is 0.348 e. The van der Waals surface area contributed by atoms with E-state index in [4.69, 9.17) is 0 Å². The van der Waals surface area contributed by atoms with Crippen molar-refractivity contribution in [3.63, 3.8) is 0 Å². The minimum atomic E-state index is -0.180. The maximum absolute atomic E-state index is 14.5. The highest BCUT2D eigenvalue weighted by Crippen LogP contribution is 2.29. The van der Waals surface area contributed by atoms with Crippen LogP contribution in [-0.2, 0) is 13.5 Å². The number of aromatic nitrogens is 5. The Morgan fingerprint density at radius 1 is 1.38 bits per heavy atom. The molecule has 2 aromatic heterocycles. The number of hydrogen-bond acceptors (Lipinski definition) is 3. The lowest BCUT2D eigenvalue weighted by Crippen LogP contribution is -2.09. The normalized spacial score (nSPS) is 12.5. The monoisotopic (exact) mass is 285 g/mol. The van der Waals surface area contributed by atoms with E-state index in [1.807, 2.05) is 25.4 Å². The van der Waals surface area contributed by atoms with Gasteiger partial charge in [-0.25, -0.2) is 9.37 Å². The summed E-state index contributed by atoms with van der Waals surface area (Å²) in [5.41, 5.74) is 2.96. The van der Waals surface area contributed by atoms with Gasteiger partial charge >= 0.3 is 0 Å². The summed E-state index contributed by atoms with van der Waals surface area (Å²) >= 11 is 0. The van der Waals surface area contributed by atoms with Gasteiger partial charge in [-0.05, 0) is 18.1 Å². The number of halogens is 1. The zero-order chi connectivity index (χ0) is 14.8. The molecule has 3 aromatic rings. The van der Waals surface area contributed by atoms with Crippen LogP contribution in [0.4, 0.5) is 4.39 Å². The first kappa shape index (κ1) is 13.5. The van der Waals surface area contributed by atoms with E-state index in [9.17, 15) is 4.39 Å². The lowest BCUT2D eigenvalue weighted by atomic mass is 9.90. The maximum Gasteiger partial charge on any atom is 0.129 e. The van der Waals surface area contributed by atoms with Crippen LogP contribution in [0.3, 0.4) is 0 Å². The molecule has 0 unspecified atom stereocenters. The van der Waals surface area contributed by atoms with E-state index in [0.29, 0.717) is 17.5 Å². The lowest BCUT2D eigenvalue weighted by Gasteiger charge is -2.16. The van der Waals surface area contributed by atoms with Gasteiger partial charge in [0, 0.05) is 37.5 Å². The Balaban J connectivity index is 2.02. The second-order valence-electron chi connectivity index (χ2n) is 5.13. The molecule has 1 aromatic carbocycles. The summed E-state index contributed by atoms with van der Waals surface area (Å²) in [7, 11) is 1.81. The average Bonchev–Trinajstić information content (AvgIpc) is 3.11. The Labute approximate surface area is 121 Å². The van der Waals surface area contributed by atoms with Crippen molar-refractivity contribution in [2.24, 2.45) is 7.05 Å². The molecule has 0 saturated carbocycles. The minimum absolute atomic E-state index is 0.163. The number of imidazole rings is 1. The van der Waals surface area contributed by atoms with Gasteiger partial charge in [-0.1, -0.05) is 23.4 Å². The number of aryl methyl sites for hydroxylation is 2. The van der Waals surface area contributed by atoms with E-state index >= 15 is 0 Å². The summed E-state index contributed by atoms with van der Waals surface area (Å²) in [6, 6.07) is 5.45. The van der Waals surface area contributed by atoms with Crippen molar-refractivity contribution in [1.29, 1.82) is 0 Å². The topological polar surface area (TPSA) is 59.4 Å². The molecule has 0 fully saturated rings. The van der Waals surface area contributed by atoms with E-state index in [1.54, 1.807) is 30.2 Å². The van der Waals surface area contributed by atoms with E-state index in [2.05, 4.69) is 20.3 Å². The molecule has 6 heteroatoms. The second-order valence-corrected chi connectivity index (χ2v) is 5.13. The third kappa shape index (κ3) is 2.69. The number of aromatic amines is 1. The number of nitrogens with zero attached hydrogens (tertiary/aromatic N) is 4. The molecule has 5 nitrogen and oxygen atoms in total. The second kappa shape index (κ2) is 5.47. The number of benzene rings is 1. The van der Waals surface area contributed by atoms with E-state index in [0.717, 1.165) is 11.4 Å². The smallest absolute Gasteiger partial charge is 0.129 e. The Bertz CT molecular complexity index is 732. The Morgan fingerprint density at radius 2 is 2.24 bits per heavy atom.